The fourth-order valence-electron chi connectivity index (χ4n) is 2.39. The Balaban J connectivity index is 2.18. The summed E-state index contributed by atoms with van der Waals surface area (Å²) in [5.41, 5.74) is 2.73. The second kappa shape index (κ2) is 4.40. The molecule has 1 aliphatic rings. The van der Waals surface area contributed by atoms with Crippen LogP contribution in [0.15, 0.2) is 41.4 Å². The van der Waals surface area contributed by atoms with Gasteiger partial charge in [0.15, 0.2) is 0 Å². The highest BCUT2D eigenvalue weighted by Gasteiger charge is 2.25. The molecule has 1 nitrogen and oxygen atoms in total. The van der Waals surface area contributed by atoms with Gasteiger partial charge >= 0.3 is 0 Å². The number of benzene rings is 2. The molecule has 0 spiro atoms. The molecule has 0 heterocycles. The van der Waals surface area contributed by atoms with E-state index in [1.54, 1.807) is 0 Å². The van der Waals surface area contributed by atoms with Crippen molar-refractivity contribution in [3.05, 3.63) is 47.5 Å². The standard InChI is InChI=1S/C15H13NS/c17-10-16-9-12-7-8-14(11-5-6-11)15-4-2-1-3-13(12)15/h1-4,7-8,11H,5-6,9H2. The van der Waals surface area contributed by atoms with Crippen LogP contribution >= 0.6 is 12.2 Å². The van der Waals surface area contributed by atoms with E-state index in [1.807, 2.05) is 0 Å². The fraction of sp³-hybridized carbons (Fsp3) is 0.267. The molecular formula is C15H13NS. The van der Waals surface area contributed by atoms with Crippen LogP contribution in [-0.2, 0) is 6.54 Å². The average Bonchev–Trinajstić information content (AvgIpc) is 3.20. The molecule has 2 aromatic carbocycles. The Kier molecular flexibility index (Phi) is 2.76. The van der Waals surface area contributed by atoms with E-state index in [0.717, 1.165) is 5.92 Å². The minimum Gasteiger partial charge on any atom is -0.228 e. The van der Waals surface area contributed by atoms with Crippen molar-refractivity contribution >= 4 is 28.2 Å². The van der Waals surface area contributed by atoms with E-state index in [2.05, 4.69) is 58.8 Å². The molecular weight excluding hydrogens is 226 g/mol. The van der Waals surface area contributed by atoms with Gasteiger partial charge in [0.05, 0.1) is 11.7 Å². The summed E-state index contributed by atoms with van der Waals surface area (Å²) in [4.78, 5) is 4.05. The third-order valence-electron chi connectivity index (χ3n) is 3.38. The first-order valence-electron chi connectivity index (χ1n) is 5.94. The van der Waals surface area contributed by atoms with Gasteiger partial charge in [-0.3, -0.25) is 0 Å². The van der Waals surface area contributed by atoms with Gasteiger partial charge in [0.2, 0.25) is 0 Å². The minimum absolute atomic E-state index is 0.634. The molecule has 1 saturated carbocycles. The van der Waals surface area contributed by atoms with E-state index in [0.29, 0.717) is 6.54 Å². The van der Waals surface area contributed by atoms with Gasteiger partial charge in [-0.25, -0.2) is 4.99 Å². The van der Waals surface area contributed by atoms with Crippen LogP contribution in [0.3, 0.4) is 0 Å². The van der Waals surface area contributed by atoms with Crippen LogP contribution in [0, 0.1) is 0 Å². The Hall–Kier alpha value is -1.50. The lowest BCUT2D eigenvalue weighted by Gasteiger charge is -2.08. The number of hydrogen-bond acceptors (Lipinski definition) is 2. The van der Waals surface area contributed by atoms with Crippen molar-refractivity contribution in [1.29, 1.82) is 0 Å². The van der Waals surface area contributed by atoms with E-state index in [1.165, 1.54) is 34.7 Å². The van der Waals surface area contributed by atoms with Gasteiger partial charge in [-0.1, -0.05) is 36.4 Å². The number of fused-ring (bicyclic) bond motifs is 1. The maximum absolute atomic E-state index is 4.63. The van der Waals surface area contributed by atoms with Gasteiger partial charge in [0, 0.05) is 0 Å². The summed E-state index contributed by atoms with van der Waals surface area (Å²) in [7, 11) is 0. The zero-order valence-corrected chi connectivity index (χ0v) is 10.3. The molecule has 0 amide bonds. The Bertz CT molecular complexity index is 607. The Morgan fingerprint density at radius 2 is 1.88 bits per heavy atom. The predicted molar refractivity (Wildman–Crippen MR) is 74.7 cm³/mol. The second-order valence-corrected chi connectivity index (χ2v) is 4.72. The molecule has 0 N–H and O–H groups in total. The van der Waals surface area contributed by atoms with Gasteiger partial charge in [-0.15, -0.1) is 0 Å². The fourth-order valence-corrected chi connectivity index (χ4v) is 2.45. The number of isothiocyanates is 1. The van der Waals surface area contributed by atoms with E-state index in [4.69, 9.17) is 0 Å². The molecule has 0 radical (unpaired) electrons. The van der Waals surface area contributed by atoms with E-state index in [-0.39, 0.29) is 0 Å². The lowest BCUT2D eigenvalue weighted by Crippen LogP contribution is -1.89. The maximum atomic E-state index is 4.63. The summed E-state index contributed by atoms with van der Waals surface area (Å²) in [6.07, 6.45) is 2.67. The Labute approximate surface area is 106 Å². The average molecular weight is 239 g/mol. The van der Waals surface area contributed by atoms with Crippen molar-refractivity contribution in [3.8, 4) is 0 Å². The van der Waals surface area contributed by atoms with Gasteiger partial charge in [-0.05, 0) is 52.9 Å². The second-order valence-electron chi connectivity index (χ2n) is 4.54. The monoisotopic (exact) mass is 239 g/mol. The largest absolute Gasteiger partial charge is 0.228 e. The lowest BCUT2D eigenvalue weighted by atomic mass is 9.97. The SMILES string of the molecule is S=C=NCc1ccc(C2CC2)c2ccccc12. The number of nitrogens with zero attached hydrogens (tertiary/aromatic N) is 1. The zero-order chi connectivity index (χ0) is 11.7. The molecule has 0 atom stereocenters. The predicted octanol–water partition coefficient (Wildman–Crippen LogP) is 4.32. The van der Waals surface area contributed by atoms with Crippen molar-refractivity contribution in [2.45, 2.75) is 25.3 Å². The van der Waals surface area contributed by atoms with E-state index >= 15 is 0 Å². The molecule has 2 heteroatoms. The molecule has 0 saturated heterocycles. The van der Waals surface area contributed by atoms with Crippen LogP contribution in [-0.4, -0.2) is 5.16 Å². The molecule has 0 unspecified atom stereocenters. The van der Waals surface area contributed by atoms with E-state index < -0.39 is 0 Å². The summed E-state index contributed by atoms with van der Waals surface area (Å²) in [5.74, 6) is 0.781. The highest BCUT2D eigenvalue weighted by atomic mass is 32.1. The molecule has 2 aromatic rings. The first-order chi connectivity index (χ1) is 8.40. The molecule has 0 aliphatic heterocycles. The molecule has 17 heavy (non-hydrogen) atoms. The van der Waals surface area contributed by atoms with Crippen LogP contribution in [0.2, 0.25) is 0 Å². The first kappa shape index (κ1) is 10.6. The number of thiocarbonyl (C=S) groups is 1. The summed E-state index contributed by atoms with van der Waals surface area (Å²) in [6, 6.07) is 13.0. The Morgan fingerprint density at radius 3 is 2.59 bits per heavy atom. The number of aliphatic imine (C=N–C) groups is 1. The third kappa shape index (κ3) is 2.02. The molecule has 1 aliphatic carbocycles. The van der Waals surface area contributed by atoms with Gasteiger partial charge in [0.25, 0.3) is 0 Å². The van der Waals surface area contributed by atoms with Crippen molar-refractivity contribution in [3.63, 3.8) is 0 Å². The smallest absolute Gasteiger partial charge is 0.0749 e. The summed E-state index contributed by atoms with van der Waals surface area (Å²) < 4.78 is 0. The van der Waals surface area contributed by atoms with Gasteiger partial charge < -0.3 is 0 Å². The van der Waals surface area contributed by atoms with E-state index in [9.17, 15) is 0 Å². The minimum atomic E-state index is 0.634. The topological polar surface area (TPSA) is 12.4 Å². The first-order valence-corrected chi connectivity index (χ1v) is 6.35. The van der Waals surface area contributed by atoms with Crippen LogP contribution in [0.5, 0.6) is 0 Å². The van der Waals surface area contributed by atoms with Gasteiger partial charge in [-0.2, -0.15) is 0 Å². The molecule has 0 aromatic heterocycles. The van der Waals surface area contributed by atoms with Crippen molar-refractivity contribution in [1.82, 2.24) is 0 Å². The summed E-state index contributed by atoms with van der Waals surface area (Å²) >= 11 is 4.63. The quantitative estimate of drug-likeness (QED) is 0.574. The van der Waals surface area contributed by atoms with Crippen LogP contribution in [0.25, 0.3) is 10.8 Å². The molecule has 3 rings (SSSR count). The highest BCUT2D eigenvalue weighted by Crippen LogP contribution is 2.43. The molecule has 0 bridgehead atoms. The van der Waals surface area contributed by atoms with Crippen LogP contribution in [0.1, 0.15) is 29.9 Å². The molecule has 1 fully saturated rings. The summed E-state index contributed by atoms with van der Waals surface area (Å²) in [6.45, 7) is 0.634. The van der Waals surface area contributed by atoms with Crippen LogP contribution < -0.4 is 0 Å². The number of rotatable bonds is 3. The van der Waals surface area contributed by atoms with Crippen LogP contribution in [0.4, 0.5) is 0 Å². The maximum Gasteiger partial charge on any atom is 0.0749 e. The zero-order valence-electron chi connectivity index (χ0n) is 9.52. The number of hydrogen-bond donors (Lipinski definition) is 0. The lowest BCUT2D eigenvalue weighted by molar-refractivity contribution is 1.09. The highest BCUT2D eigenvalue weighted by molar-refractivity contribution is 7.78. The third-order valence-corrected chi connectivity index (χ3v) is 3.51. The summed E-state index contributed by atoms with van der Waals surface area (Å²) in [5, 5.41) is 5.13. The normalized spacial score (nSPS) is 14.6. The van der Waals surface area contributed by atoms with Crippen molar-refractivity contribution in [2.75, 3.05) is 0 Å². The van der Waals surface area contributed by atoms with Gasteiger partial charge in [0.1, 0.15) is 0 Å². The van der Waals surface area contributed by atoms with Crippen molar-refractivity contribution in [2.24, 2.45) is 4.99 Å². The molecule has 84 valence electrons. The Morgan fingerprint density at radius 1 is 1.12 bits per heavy atom. The van der Waals surface area contributed by atoms with Crippen molar-refractivity contribution < 1.29 is 0 Å².